The van der Waals surface area contributed by atoms with Crippen LogP contribution in [0.3, 0.4) is 0 Å². The summed E-state index contributed by atoms with van der Waals surface area (Å²) in [6.45, 7) is 9.02. The van der Waals surface area contributed by atoms with Gasteiger partial charge in [0.1, 0.15) is 0 Å². The Morgan fingerprint density at radius 3 is 2.22 bits per heavy atom. The highest BCUT2D eigenvalue weighted by molar-refractivity contribution is 5.42. The van der Waals surface area contributed by atoms with Gasteiger partial charge in [-0.2, -0.15) is 0 Å². The Labute approximate surface area is 144 Å². The molecule has 1 aromatic carbocycles. The number of hydrogen-bond acceptors (Lipinski definition) is 0. The molecule has 0 fully saturated rings. The molecule has 0 amide bonds. The van der Waals surface area contributed by atoms with Crippen LogP contribution in [0, 0.1) is 0 Å². The van der Waals surface area contributed by atoms with Crippen LogP contribution in [0.1, 0.15) is 71.8 Å². The Morgan fingerprint density at radius 1 is 0.913 bits per heavy atom. The number of rotatable bonds is 6. The molecule has 0 N–H and O–H groups in total. The molecule has 1 atom stereocenters. The maximum absolute atomic E-state index is 2.39. The lowest BCUT2D eigenvalue weighted by Gasteiger charge is -2.32. The van der Waals surface area contributed by atoms with Gasteiger partial charge in [-0.15, -0.1) is 0 Å². The van der Waals surface area contributed by atoms with Crippen molar-refractivity contribution in [2.45, 2.75) is 71.6 Å². The monoisotopic (exact) mass is 310 g/mol. The molecule has 0 saturated heterocycles. The summed E-state index contributed by atoms with van der Waals surface area (Å²) in [6.07, 6.45) is 18.6. The van der Waals surface area contributed by atoms with Crippen LogP contribution >= 0.6 is 0 Å². The number of hydrogen-bond donors (Lipinski definition) is 0. The Balaban J connectivity index is 0.000000593. The van der Waals surface area contributed by atoms with Crippen LogP contribution in [0.2, 0.25) is 0 Å². The first-order valence-corrected chi connectivity index (χ1v) is 9.28. The SMILES string of the molecule is CCCC.CCCCC(C)(C1=CCC=CC=C1)c1ccccc1. The van der Waals surface area contributed by atoms with E-state index in [1.807, 2.05) is 0 Å². The Morgan fingerprint density at radius 2 is 1.61 bits per heavy atom. The van der Waals surface area contributed by atoms with Crippen molar-refractivity contribution in [2.24, 2.45) is 0 Å². The highest BCUT2D eigenvalue weighted by atomic mass is 14.3. The topological polar surface area (TPSA) is 0 Å². The normalized spacial score (nSPS) is 15.9. The molecular weight excluding hydrogens is 276 g/mol. The largest absolute Gasteiger partial charge is 0.0807 e. The Kier molecular flexibility index (Phi) is 9.36. The molecule has 1 aliphatic rings. The van der Waals surface area contributed by atoms with Crippen LogP contribution in [0.25, 0.3) is 0 Å². The molecule has 1 aromatic rings. The zero-order chi connectivity index (χ0) is 17.0. The first-order chi connectivity index (χ1) is 11.2. The van der Waals surface area contributed by atoms with Gasteiger partial charge in [0.05, 0.1) is 0 Å². The molecule has 2 rings (SSSR count). The smallest absolute Gasteiger partial charge is 0.0171 e. The second kappa shape index (κ2) is 11.0. The van der Waals surface area contributed by atoms with Crippen molar-refractivity contribution >= 4 is 0 Å². The molecule has 0 aromatic heterocycles. The lowest BCUT2D eigenvalue weighted by Crippen LogP contribution is -2.24. The van der Waals surface area contributed by atoms with Crippen LogP contribution in [0.4, 0.5) is 0 Å². The Hall–Kier alpha value is -1.56. The van der Waals surface area contributed by atoms with Gasteiger partial charge in [-0.25, -0.2) is 0 Å². The van der Waals surface area contributed by atoms with Crippen LogP contribution in [0.15, 0.2) is 66.3 Å². The lowest BCUT2D eigenvalue weighted by atomic mass is 9.72. The van der Waals surface area contributed by atoms with Crippen molar-refractivity contribution in [3.63, 3.8) is 0 Å². The van der Waals surface area contributed by atoms with Crippen LogP contribution in [-0.4, -0.2) is 0 Å². The van der Waals surface area contributed by atoms with Gasteiger partial charge in [0.15, 0.2) is 0 Å². The van der Waals surface area contributed by atoms with E-state index in [1.165, 1.54) is 43.2 Å². The van der Waals surface area contributed by atoms with Crippen molar-refractivity contribution in [3.8, 4) is 0 Å². The van der Waals surface area contributed by atoms with E-state index in [0.717, 1.165) is 6.42 Å². The molecular formula is C23H34. The Bertz CT molecular complexity index is 502. The second-order valence-electron chi connectivity index (χ2n) is 6.48. The van der Waals surface area contributed by atoms with Gasteiger partial charge in [0, 0.05) is 5.41 Å². The van der Waals surface area contributed by atoms with Crippen LogP contribution in [0.5, 0.6) is 0 Å². The molecule has 0 saturated carbocycles. The van der Waals surface area contributed by atoms with Gasteiger partial charge in [-0.3, -0.25) is 0 Å². The minimum atomic E-state index is 0.139. The molecule has 0 spiro atoms. The number of allylic oxidation sites excluding steroid dienone is 6. The fourth-order valence-electron chi connectivity index (χ4n) is 2.78. The third kappa shape index (κ3) is 6.22. The maximum Gasteiger partial charge on any atom is 0.0171 e. The van der Waals surface area contributed by atoms with Crippen molar-refractivity contribution < 1.29 is 0 Å². The first kappa shape index (κ1) is 19.5. The fraction of sp³-hybridized carbons (Fsp3) is 0.478. The standard InChI is InChI=1S/C19H24.C4H10/c1-3-4-16-19(2,18-14-10-7-11-15-18)17-12-8-5-6-9-13-17;1-3-4-2/h5-8,10-15H,3-4,9,16H2,1-2H3;3-4H2,1-2H3. The molecule has 23 heavy (non-hydrogen) atoms. The summed E-state index contributed by atoms with van der Waals surface area (Å²) in [5.74, 6) is 0. The van der Waals surface area contributed by atoms with Crippen molar-refractivity contribution in [3.05, 3.63) is 71.8 Å². The third-order valence-electron chi connectivity index (χ3n) is 4.58. The summed E-state index contributed by atoms with van der Waals surface area (Å²) in [5.41, 5.74) is 3.03. The average Bonchev–Trinajstić information content (AvgIpc) is 2.90. The predicted octanol–water partition coefficient (Wildman–Crippen LogP) is 7.38. The third-order valence-corrected chi connectivity index (χ3v) is 4.58. The second-order valence-corrected chi connectivity index (χ2v) is 6.48. The van der Waals surface area contributed by atoms with Crippen molar-refractivity contribution in [1.82, 2.24) is 0 Å². The van der Waals surface area contributed by atoms with Crippen LogP contribution < -0.4 is 0 Å². The molecule has 0 heteroatoms. The van der Waals surface area contributed by atoms with Crippen LogP contribution in [-0.2, 0) is 5.41 Å². The van der Waals surface area contributed by atoms with E-state index in [1.54, 1.807) is 0 Å². The summed E-state index contributed by atoms with van der Waals surface area (Å²) in [4.78, 5) is 0. The summed E-state index contributed by atoms with van der Waals surface area (Å²) in [5, 5.41) is 0. The quantitative estimate of drug-likeness (QED) is 0.514. The van der Waals surface area contributed by atoms with E-state index in [-0.39, 0.29) is 5.41 Å². The van der Waals surface area contributed by atoms with Gasteiger partial charge in [0.25, 0.3) is 0 Å². The summed E-state index contributed by atoms with van der Waals surface area (Å²) < 4.78 is 0. The lowest BCUT2D eigenvalue weighted by molar-refractivity contribution is 0.491. The van der Waals surface area contributed by atoms with E-state index in [0.29, 0.717) is 0 Å². The zero-order valence-corrected chi connectivity index (χ0v) is 15.5. The van der Waals surface area contributed by atoms with E-state index in [4.69, 9.17) is 0 Å². The summed E-state index contributed by atoms with van der Waals surface area (Å²) in [7, 11) is 0. The fourth-order valence-corrected chi connectivity index (χ4v) is 2.78. The zero-order valence-electron chi connectivity index (χ0n) is 15.5. The van der Waals surface area contributed by atoms with E-state index >= 15 is 0 Å². The summed E-state index contributed by atoms with van der Waals surface area (Å²) >= 11 is 0. The van der Waals surface area contributed by atoms with Gasteiger partial charge in [0.2, 0.25) is 0 Å². The number of benzene rings is 1. The van der Waals surface area contributed by atoms with Gasteiger partial charge < -0.3 is 0 Å². The highest BCUT2D eigenvalue weighted by Gasteiger charge is 2.28. The average molecular weight is 311 g/mol. The molecule has 0 aliphatic heterocycles. The molecule has 0 nitrogen and oxygen atoms in total. The van der Waals surface area contributed by atoms with Gasteiger partial charge in [-0.05, 0) is 24.0 Å². The van der Waals surface area contributed by atoms with Gasteiger partial charge in [-0.1, -0.05) is 114 Å². The molecule has 0 radical (unpaired) electrons. The molecule has 126 valence electrons. The molecule has 1 aliphatic carbocycles. The number of unbranched alkanes of at least 4 members (excludes halogenated alkanes) is 2. The van der Waals surface area contributed by atoms with Crippen molar-refractivity contribution in [2.75, 3.05) is 0 Å². The molecule has 0 bridgehead atoms. The minimum Gasteiger partial charge on any atom is -0.0807 e. The summed E-state index contributed by atoms with van der Waals surface area (Å²) in [6, 6.07) is 10.9. The first-order valence-electron chi connectivity index (χ1n) is 9.28. The maximum atomic E-state index is 2.39. The van der Waals surface area contributed by atoms with E-state index in [2.05, 4.69) is 88.4 Å². The van der Waals surface area contributed by atoms with E-state index in [9.17, 15) is 0 Å². The molecule has 0 heterocycles. The van der Waals surface area contributed by atoms with Gasteiger partial charge >= 0.3 is 0 Å². The van der Waals surface area contributed by atoms with E-state index < -0.39 is 0 Å². The van der Waals surface area contributed by atoms with Crippen molar-refractivity contribution in [1.29, 1.82) is 0 Å². The minimum absolute atomic E-state index is 0.139. The molecule has 1 unspecified atom stereocenters. The highest BCUT2D eigenvalue weighted by Crippen LogP contribution is 2.38. The predicted molar refractivity (Wildman–Crippen MR) is 105 cm³/mol.